The molecule has 0 aliphatic carbocycles. The van der Waals surface area contributed by atoms with Crippen LogP contribution in [-0.4, -0.2) is 238 Å². The van der Waals surface area contributed by atoms with E-state index in [-0.39, 0.29) is 83.7 Å². The quantitative estimate of drug-likeness (QED) is 0.0254. The molecule has 1 aromatic rings. The summed E-state index contributed by atoms with van der Waals surface area (Å²) in [7, 11) is 0. The predicted octanol–water partition coefficient (Wildman–Crippen LogP) is -4.87. The molecule has 3 fully saturated rings. The smallest absolute Gasteiger partial charge is 0.306 e. The largest absolute Gasteiger partial charge is 0.461 e. The van der Waals surface area contributed by atoms with Gasteiger partial charge in [-0.2, -0.15) is 0 Å². The van der Waals surface area contributed by atoms with E-state index in [1.165, 1.54) is 25.7 Å². The standard InChI is InChI=1S/C47H77N5O21/c1-26-35(57)38(60)41(63)45(71-26)67-20-17-49-32(54)23-52(24-33(55)50-18-21-68-46-42(64)39(61)36(58)27(2)72-46)30(44(66)51-19-22-69-47-43(65)40(62)37(59)28(3)73-47)13-9-10-16-48-31(53)14-7-8-15-34(56)70-25-29-11-5-4-6-12-29/h4-6,11-12,26-28,30,35-43,45-47,57-65H,7-10,13-25H2,1-3H3,(H,48,53)(H,49,54)(H,50,55)(H,51,66)/t26-,27-,28-,30-,35+,36+,37+,38+,39+,40+,41-,42-,43-,45+,46+,47+/m0/s1. The lowest BCUT2D eigenvalue weighted by molar-refractivity contribution is -0.292. The fourth-order valence-corrected chi connectivity index (χ4v) is 8.03. The van der Waals surface area contributed by atoms with E-state index in [0.717, 1.165) is 5.56 Å². The molecule has 13 N–H and O–H groups in total. The van der Waals surface area contributed by atoms with Crippen molar-refractivity contribution in [1.29, 1.82) is 0 Å². The van der Waals surface area contributed by atoms with Gasteiger partial charge in [-0.3, -0.25) is 28.9 Å². The van der Waals surface area contributed by atoms with Gasteiger partial charge in [-0.25, -0.2) is 0 Å². The number of nitrogens with one attached hydrogen (secondary N) is 4. The molecule has 1 aromatic carbocycles. The number of carbonyl (C=O) groups is 5. The monoisotopic (exact) mass is 1050 g/mol. The minimum atomic E-state index is -1.60. The molecule has 0 saturated carbocycles. The third-order valence-corrected chi connectivity index (χ3v) is 12.5. The van der Waals surface area contributed by atoms with Crippen LogP contribution in [0, 0.1) is 0 Å². The second-order valence-electron chi connectivity index (χ2n) is 18.3. The van der Waals surface area contributed by atoms with Gasteiger partial charge in [-0.05, 0) is 58.4 Å². The van der Waals surface area contributed by atoms with E-state index in [1.807, 2.05) is 30.3 Å². The fraction of sp³-hybridized carbons (Fsp3) is 0.766. The van der Waals surface area contributed by atoms with Crippen molar-refractivity contribution in [3.63, 3.8) is 0 Å². The lowest BCUT2D eigenvalue weighted by Gasteiger charge is -2.39. The Balaban J connectivity index is 1.37. The third kappa shape index (κ3) is 20.2. The number of ether oxygens (including phenoxy) is 7. The van der Waals surface area contributed by atoms with E-state index in [2.05, 4.69) is 21.3 Å². The number of aliphatic hydroxyl groups excluding tert-OH is 9. The number of unbranched alkanes of at least 4 members (excludes halogenated alkanes) is 2. The Kier molecular flexibility index (Phi) is 26.7. The van der Waals surface area contributed by atoms with Crippen molar-refractivity contribution in [3.05, 3.63) is 35.9 Å². The normalized spacial score (nSPS) is 30.8. The van der Waals surface area contributed by atoms with Crippen LogP contribution >= 0.6 is 0 Å². The molecule has 3 heterocycles. The van der Waals surface area contributed by atoms with Gasteiger partial charge >= 0.3 is 5.97 Å². The highest BCUT2D eigenvalue weighted by Gasteiger charge is 2.44. The second kappa shape index (κ2) is 31.7. The summed E-state index contributed by atoms with van der Waals surface area (Å²) in [6, 6.07) is 8.07. The maximum Gasteiger partial charge on any atom is 0.306 e. The third-order valence-electron chi connectivity index (χ3n) is 12.5. The molecule has 16 atom stereocenters. The molecule has 3 aliphatic rings. The van der Waals surface area contributed by atoms with Gasteiger partial charge in [0.2, 0.25) is 23.6 Å². The molecule has 26 heteroatoms. The van der Waals surface area contributed by atoms with Gasteiger partial charge in [0.25, 0.3) is 0 Å². The molecule has 3 aliphatic heterocycles. The molecule has 73 heavy (non-hydrogen) atoms. The lowest BCUT2D eigenvalue weighted by Crippen LogP contribution is -2.58. The van der Waals surface area contributed by atoms with Crippen LogP contribution in [0.1, 0.15) is 71.3 Å². The summed E-state index contributed by atoms with van der Waals surface area (Å²) in [5, 5.41) is 102. The van der Waals surface area contributed by atoms with Gasteiger partial charge in [0.15, 0.2) is 18.9 Å². The van der Waals surface area contributed by atoms with Crippen molar-refractivity contribution < 1.29 is 103 Å². The Morgan fingerprint density at radius 3 is 1.41 bits per heavy atom. The van der Waals surface area contributed by atoms with Gasteiger partial charge in [-0.1, -0.05) is 30.3 Å². The number of aliphatic hydroxyl groups is 9. The maximum atomic E-state index is 14.1. The molecule has 0 radical (unpaired) electrons. The summed E-state index contributed by atoms with van der Waals surface area (Å²) < 4.78 is 38.2. The number of carbonyl (C=O) groups excluding carboxylic acids is 5. The highest BCUT2D eigenvalue weighted by molar-refractivity contribution is 5.86. The first-order valence-electron chi connectivity index (χ1n) is 24.7. The molecule has 26 nitrogen and oxygen atoms in total. The summed E-state index contributed by atoms with van der Waals surface area (Å²) in [5.41, 5.74) is 0.862. The molecule has 0 aromatic heterocycles. The Labute approximate surface area is 423 Å². The minimum Gasteiger partial charge on any atom is -0.461 e. The summed E-state index contributed by atoms with van der Waals surface area (Å²) in [6.45, 7) is 2.60. The van der Waals surface area contributed by atoms with Crippen molar-refractivity contribution in [1.82, 2.24) is 26.2 Å². The number of rotatable bonds is 30. The highest BCUT2D eigenvalue weighted by Crippen LogP contribution is 2.24. The number of nitrogens with zero attached hydrogens (tertiary/aromatic N) is 1. The van der Waals surface area contributed by atoms with Crippen LogP contribution in [0.3, 0.4) is 0 Å². The summed E-state index contributed by atoms with van der Waals surface area (Å²) in [5.74, 6) is -2.60. The molecule has 0 unspecified atom stereocenters. The van der Waals surface area contributed by atoms with Crippen LogP contribution in [0.2, 0.25) is 0 Å². The lowest BCUT2D eigenvalue weighted by atomic mass is 10.0. The molecule has 4 amide bonds. The average Bonchev–Trinajstić information content (AvgIpc) is 3.37. The van der Waals surface area contributed by atoms with Crippen LogP contribution in [0.15, 0.2) is 30.3 Å². The summed E-state index contributed by atoms with van der Waals surface area (Å²) in [6.07, 6.45) is -18.2. The van der Waals surface area contributed by atoms with Crippen molar-refractivity contribution in [3.8, 4) is 0 Å². The molecular weight excluding hydrogens is 971 g/mol. The Bertz CT molecular complexity index is 1770. The first-order valence-corrected chi connectivity index (χ1v) is 24.7. The van der Waals surface area contributed by atoms with Crippen molar-refractivity contribution in [2.24, 2.45) is 0 Å². The molecule has 0 spiro atoms. The maximum absolute atomic E-state index is 14.1. The van der Waals surface area contributed by atoms with Gasteiger partial charge in [0.05, 0.1) is 57.3 Å². The molecule has 416 valence electrons. The summed E-state index contributed by atoms with van der Waals surface area (Å²) >= 11 is 0. The number of hydrogen-bond donors (Lipinski definition) is 13. The van der Waals surface area contributed by atoms with Crippen molar-refractivity contribution in [2.45, 2.75) is 170 Å². The summed E-state index contributed by atoms with van der Waals surface area (Å²) in [4.78, 5) is 67.2. The van der Waals surface area contributed by atoms with Gasteiger partial charge < -0.3 is 100 Å². The fourth-order valence-electron chi connectivity index (χ4n) is 8.03. The van der Waals surface area contributed by atoms with Crippen molar-refractivity contribution >= 4 is 29.6 Å². The number of benzene rings is 1. The zero-order chi connectivity index (χ0) is 53.6. The second-order valence-corrected chi connectivity index (χ2v) is 18.3. The zero-order valence-corrected chi connectivity index (χ0v) is 41.5. The molecule has 4 rings (SSSR count). The number of hydrogen-bond acceptors (Lipinski definition) is 22. The van der Waals surface area contributed by atoms with Crippen LogP contribution < -0.4 is 21.3 Å². The first kappa shape index (κ1) is 61.5. The molecule has 0 bridgehead atoms. The highest BCUT2D eigenvalue weighted by atomic mass is 16.7. The van der Waals surface area contributed by atoms with E-state index >= 15 is 0 Å². The predicted molar refractivity (Wildman–Crippen MR) is 251 cm³/mol. The molecule has 3 saturated heterocycles. The van der Waals surface area contributed by atoms with Gasteiger partial charge in [0, 0.05) is 39.0 Å². The van der Waals surface area contributed by atoms with Crippen LogP contribution in [0.5, 0.6) is 0 Å². The molecular formula is C47H77N5O21. The number of amides is 4. The minimum absolute atomic E-state index is 0.0546. The van der Waals surface area contributed by atoms with Gasteiger partial charge in [0.1, 0.15) is 61.5 Å². The van der Waals surface area contributed by atoms with Crippen LogP contribution in [-0.2, 0) is 63.7 Å². The van der Waals surface area contributed by atoms with Gasteiger partial charge in [-0.15, -0.1) is 0 Å². The Morgan fingerprint density at radius 2 is 0.945 bits per heavy atom. The zero-order valence-electron chi connectivity index (χ0n) is 41.5. The van der Waals surface area contributed by atoms with E-state index in [4.69, 9.17) is 33.2 Å². The van der Waals surface area contributed by atoms with Crippen LogP contribution in [0.25, 0.3) is 0 Å². The van der Waals surface area contributed by atoms with Crippen molar-refractivity contribution in [2.75, 3.05) is 59.1 Å². The average molecular weight is 1050 g/mol. The number of esters is 1. The van der Waals surface area contributed by atoms with E-state index in [1.54, 1.807) is 0 Å². The SMILES string of the molecule is C[C@@H]1O[C@@H](OCCNC(=O)CN(CC(=O)NCCO[C@@H]2O[C@@H](C)[C@@H](O)[C@@H](O)[C@@H]2O)[C@@H](CCCCNC(=O)CCCCC(=O)OCc2ccccc2)C(=O)NCCO[C@@H]2O[C@@H](C)[C@@H](O)[C@@H](O)[C@@H]2O)[C@@H](O)[C@H](O)[C@@H]1O. The van der Waals surface area contributed by atoms with E-state index in [9.17, 15) is 69.9 Å². The first-order chi connectivity index (χ1) is 34.8. The Hall–Kier alpha value is -4.07. The Morgan fingerprint density at radius 1 is 0.521 bits per heavy atom. The van der Waals surface area contributed by atoms with E-state index < -0.39 is 129 Å². The van der Waals surface area contributed by atoms with Crippen LogP contribution in [0.4, 0.5) is 0 Å². The van der Waals surface area contributed by atoms with E-state index in [0.29, 0.717) is 25.7 Å². The topological polar surface area (TPSA) is 383 Å².